The molecule has 228 valence electrons. The molecule has 0 bridgehead atoms. The highest BCUT2D eigenvalue weighted by Gasteiger charge is 2.18. The molecule has 0 saturated heterocycles. The number of aromatic nitrogens is 3. The van der Waals surface area contributed by atoms with Gasteiger partial charge in [-0.3, -0.25) is 0 Å². The molecule has 0 atom stereocenters. The summed E-state index contributed by atoms with van der Waals surface area (Å²) in [6.45, 7) is 0. The van der Waals surface area contributed by atoms with E-state index in [1.54, 1.807) is 0 Å². The van der Waals surface area contributed by atoms with Gasteiger partial charge in [-0.05, 0) is 67.7 Å². The number of hydrogen-bond acceptors (Lipinski definition) is 4. The second-order valence-electron chi connectivity index (χ2n) is 12.4. The molecule has 0 fully saturated rings. The van der Waals surface area contributed by atoms with E-state index in [-0.39, 0.29) is 0 Å². The van der Waals surface area contributed by atoms with Crippen LogP contribution >= 0.6 is 0 Å². The van der Waals surface area contributed by atoms with E-state index < -0.39 is 0 Å². The first kappa shape index (κ1) is 27.5. The Kier molecular flexibility index (Phi) is 6.15. The van der Waals surface area contributed by atoms with E-state index in [0.717, 1.165) is 55.1 Å². The van der Waals surface area contributed by atoms with Gasteiger partial charge < -0.3 is 4.42 Å². The van der Waals surface area contributed by atoms with Crippen LogP contribution in [0.25, 0.3) is 99.5 Å². The first-order valence-electron chi connectivity index (χ1n) is 16.4. The van der Waals surface area contributed by atoms with Crippen molar-refractivity contribution in [3.63, 3.8) is 0 Å². The summed E-state index contributed by atoms with van der Waals surface area (Å²) in [6.07, 6.45) is 0. The SMILES string of the molecule is c1ccc(-c2ccc3c(c2)oc2cccc(-c4nc(-c5ccccc5)nc(-c5ccc6c(ccc7ccc8ccccc8c76)c5)n4)c23)cc1. The van der Waals surface area contributed by atoms with E-state index >= 15 is 0 Å². The molecular formula is C45H27N3O. The van der Waals surface area contributed by atoms with Crippen molar-refractivity contribution in [2.24, 2.45) is 0 Å². The zero-order valence-corrected chi connectivity index (χ0v) is 26.3. The lowest BCUT2D eigenvalue weighted by Crippen LogP contribution is -2.00. The number of rotatable bonds is 4. The van der Waals surface area contributed by atoms with E-state index in [0.29, 0.717) is 17.5 Å². The molecule has 2 aromatic heterocycles. The minimum absolute atomic E-state index is 0.605. The van der Waals surface area contributed by atoms with Crippen LogP contribution in [-0.4, -0.2) is 15.0 Å². The lowest BCUT2D eigenvalue weighted by atomic mass is 9.95. The lowest BCUT2D eigenvalue weighted by molar-refractivity contribution is 0.669. The Morgan fingerprint density at radius 3 is 1.80 bits per heavy atom. The van der Waals surface area contributed by atoms with Crippen molar-refractivity contribution in [3.8, 4) is 45.3 Å². The Bertz CT molecular complexity index is 2880. The molecule has 8 aromatic carbocycles. The maximum Gasteiger partial charge on any atom is 0.164 e. The van der Waals surface area contributed by atoms with Crippen LogP contribution in [0.2, 0.25) is 0 Å². The molecule has 10 rings (SSSR count). The molecule has 0 amide bonds. The molecule has 4 nitrogen and oxygen atoms in total. The predicted molar refractivity (Wildman–Crippen MR) is 201 cm³/mol. The van der Waals surface area contributed by atoms with E-state index in [2.05, 4.69) is 115 Å². The van der Waals surface area contributed by atoms with Gasteiger partial charge in [0.25, 0.3) is 0 Å². The third-order valence-corrected chi connectivity index (χ3v) is 9.50. The van der Waals surface area contributed by atoms with Crippen LogP contribution in [0.1, 0.15) is 0 Å². The van der Waals surface area contributed by atoms with Gasteiger partial charge in [0.2, 0.25) is 0 Å². The summed E-state index contributed by atoms with van der Waals surface area (Å²) in [4.78, 5) is 15.3. The Balaban J connectivity index is 1.17. The average molecular weight is 626 g/mol. The second kappa shape index (κ2) is 11.0. The van der Waals surface area contributed by atoms with Crippen molar-refractivity contribution >= 4 is 54.3 Å². The van der Waals surface area contributed by atoms with Crippen molar-refractivity contribution in [2.75, 3.05) is 0 Å². The third-order valence-electron chi connectivity index (χ3n) is 9.50. The Labute approximate surface area is 282 Å². The van der Waals surface area contributed by atoms with Crippen molar-refractivity contribution in [1.82, 2.24) is 15.0 Å². The highest BCUT2D eigenvalue weighted by molar-refractivity contribution is 6.20. The summed E-state index contributed by atoms with van der Waals surface area (Å²) in [7, 11) is 0. The topological polar surface area (TPSA) is 51.8 Å². The van der Waals surface area contributed by atoms with E-state index in [1.807, 2.05) is 48.5 Å². The van der Waals surface area contributed by atoms with E-state index in [1.165, 1.54) is 26.9 Å². The third kappa shape index (κ3) is 4.57. The fraction of sp³-hybridized carbons (Fsp3) is 0. The summed E-state index contributed by atoms with van der Waals surface area (Å²) < 4.78 is 6.45. The number of nitrogens with zero attached hydrogens (tertiary/aromatic N) is 3. The highest BCUT2D eigenvalue weighted by atomic mass is 16.3. The summed E-state index contributed by atoms with van der Waals surface area (Å²) in [5.74, 6) is 1.86. The second-order valence-corrected chi connectivity index (χ2v) is 12.4. The van der Waals surface area contributed by atoms with Gasteiger partial charge in [0.05, 0.1) is 0 Å². The monoisotopic (exact) mass is 625 g/mol. The molecule has 0 saturated carbocycles. The molecule has 4 heteroatoms. The molecule has 2 heterocycles. The normalized spacial score (nSPS) is 11.7. The van der Waals surface area contributed by atoms with Crippen molar-refractivity contribution in [2.45, 2.75) is 0 Å². The van der Waals surface area contributed by atoms with Crippen molar-refractivity contribution in [1.29, 1.82) is 0 Å². The van der Waals surface area contributed by atoms with Crippen LogP contribution in [0.15, 0.2) is 168 Å². The molecule has 0 radical (unpaired) electrons. The van der Waals surface area contributed by atoms with E-state index in [9.17, 15) is 0 Å². The summed E-state index contributed by atoms with van der Waals surface area (Å²) >= 11 is 0. The van der Waals surface area contributed by atoms with Gasteiger partial charge in [-0.1, -0.05) is 140 Å². The van der Waals surface area contributed by atoms with Crippen LogP contribution in [0.3, 0.4) is 0 Å². The minimum Gasteiger partial charge on any atom is -0.456 e. The molecule has 0 aliphatic heterocycles. The standard InChI is InChI=1S/C45H27N3O/c1-3-10-28(11-4-1)32-22-25-37-40(27-32)49-39-17-9-16-38(42(37)39)45-47-43(31-13-5-2-6-14-31)46-44(48-45)34-23-24-36-33(26-34)21-20-30-19-18-29-12-7-8-15-35(29)41(30)36/h1-27H. The van der Waals surface area contributed by atoms with Crippen LogP contribution in [0, 0.1) is 0 Å². The Morgan fingerprint density at radius 1 is 0.327 bits per heavy atom. The highest BCUT2D eigenvalue weighted by Crippen LogP contribution is 2.39. The molecule has 10 aromatic rings. The molecular weight excluding hydrogens is 599 g/mol. The summed E-state index contributed by atoms with van der Waals surface area (Å²) in [5.41, 5.74) is 6.66. The maximum absolute atomic E-state index is 6.45. The summed E-state index contributed by atoms with van der Waals surface area (Å²) in [6, 6.07) is 56.9. The van der Waals surface area contributed by atoms with Gasteiger partial charge in [0.1, 0.15) is 11.2 Å². The van der Waals surface area contributed by atoms with Crippen LogP contribution in [-0.2, 0) is 0 Å². The van der Waals surface area contributed by atoms with Gasteiger partial charge in [0.15, 0.2) is 17.5 Å². The van der Waals surface area contributed by atoms with Crippen LogP contribution < -0.4 is 0 Å². The number of furan rings is 1. The fourth-order valence-electron chi connectivity index (χ4n) is 7.14. The van der Waals surface area contributed by atoms with Gasteiger partial charge in [-0.2, -0.15) is 0 Å². The molecule has 0 aliphatic carbocycles. The zero-order chi connectivity index (χ0) is 32.3. The van der Waals surface area contributed by atoms with Gasteiger partial charge in [-0.25, -0.2) is 15.0 Å². The smallest absolute Gasteiger partial charge is 0.164 e. The van der Waals surface area contributed by atoms with Crippen LogP contribution in [0.4, 0.5) is 0 Å². The van der Waals surface area contributed by atoms with Gasteiger partial charge >= 0.3 is 0 Å². The maximum atomic E-state index is 6.45. The number of fused-ring (bicyclic) bond motifs is 8. The first-order chi connectivity index (χ1) is 24.3. The van der Waals surface area contributed by atoms with Crippen LogP contribution in [0.5, 0.6) is 0 Å². The van der Waals surface area contributed by atoms with Crippen molar-refractivity contribution < 1.29 is 4.42 Å². The fourth-order valence-corrected chi connectivity index (χ4v) is 7.14. The lowest BCUT2D eigenvalue weighted by Gasteiger charge is -2.11. The predicted octanol–water partition coefficient (Wildman–Crippen LogP) is 11.9. The molecule has 0 unspecified atom stereocenters. The molecule has 0 aliphatic rings. The number of benzene rings is 8. The minimum atomic E-state index is 0.605. The Hall–Kier alpha value is -6.65. The quantitative estimate of drug-likeness (QED) is 0.183. The van der Waals surface area contributed by atoms with Crippen molar-refractivity contribution in [3.05, 3.63) is 164 Å². The zero-order valence-electron chi connectivity index (χ0n) is 26.3. The largest absolute Gasteiger partial charge is 0.456 e. The first-order valence-corrected chi connectivity index (χ1v) is 16.4. The molecule has 0 N–H and O–H groups in total. The summed E-state index contributed by atoms with van der Waals surface area (Å²) in [5, 5.41) is 9.34. The molecule has 0 spiro atoms. The average Bonchev–Trinajstić information content (AvgIpc) is 3.56. The van der Waals surface area contributed by atoms with Gasteiger partial charge in [0, 0.05) is 27.5 Å². The van der Waals surface area contributed by atoms with Gasteiger partial charge in [-0.15, -0.1) is 0 Å². The molecule has 49 heavy (non-hydrogen) atoms. The Morgan fingerprint density at radius 2 is 0.959 bits per heavy atom. The van der Waals surface area contributed by atoms with E-state index in [4.69, 9.17) is 19.4 Å². The number of hydrogen-bond donors (Lipinski definition) is 0.